The lowest BCUT2D eigenvalue weighted by atomic mass is 10.0. The summed E-state index contributed by atoms with van der Waals surface area (Å²) >= 11 is 0. The molecule has 1 fully saturated rings. The summed E-state index contributed by atoms with van der Waals surface area (Å²) in [6.45, 7) is 1.62. The Morgan fingerprint density at radius 1 is 1.69 bits per heavy atom. The van der Waals surface area contributed by atoms with Crippen LogP contribution in [0, 0.1) is 11.3 Å². The molecule has 1 aliphatic rings. The molecule has 0 aromatic rings. The molecule has 4 nitrogen and oxygen atoms in total. The molecular weight excluding hydrogens is 188 g/mol. The predicted octanol–water partition coefficient (Wildman–Crippen LogP) is 0.195. The third-order valence-electron chi connectivity index (χ3n) is 2.64. The Bertz CT molecular complexity index is 331. The lowest BCUT2D eigenvalue weighted by Gasteiger charge is -2.13. The highest BCUT2D eigenvalue weighted by Gasteiger charge is 2.41. The summed E-state index contributed by atoms with van der Waals surface area (Å²) in [7, 11) is -3.01. The van der Waals surface area contributed by atoms with E-state index in [1.807, 2.05) is 6.07 Å². The van der Waals surface area contributed by atoms with Crippen molar-refractivity contribution in [2.24, 2.45) is 5.73 Å². The maximum Gasteiger partial charge on any atom is 0.153 e. The second-order valence-electron chi connectivity index (χ2n) is 3.58. The molecule has 0 spiro atoms. The van der Waals surface area contributed by atoms with E-state index in [1.54, 1.807) is 6.92 Å². The summed E-state index contributed by atoms with van der Waals surface area (Å²) in [6.07, 6.45) is 1.31. The van der Waals surface area contributed by atoms with Gasteiger partial charge in [0.2, 0.25) is 0 Å². The van der Waals surface area contributed by atoms with Crippen LogP contribution in [-0.2, 0) is 9.84 Å². The topological polar surface area (TPSA) is 83.9 Å². The van der Waals surface area contributed by atoms with Gasteiger partial charge in [-0.2, -0.15) is 5.26 Å². The highest BCUT2D eigenvalue weighted by molar-refractivity contribution is 7.92. The molecule has 0 amide bonds. The van der Waals surface area contributed by atoms with Crippen molar-refractivity contribution in [3.8, 4) is 6.07 Å². The van der Waals surface area contributed by atoms with Gasteiger partial charge in [-0.1, -0.05) is 6.92 Å². The predicted molar refractivity (Wildman–Crippen MR) is 49.6 cm³/mol. The van der Waals surface area contributed by atoms with Crippen LogP contribution in [0.25, 0.3) is 0 Å². The summed E-state index contributed by atoms with van der Waals surface area (Å²) in [5, 5.41) is 8.31. The maximum absolute atomic E-state index is 11.4. The average Bonchev–Trinajstić information content (AvgIpc) is 2.50. The van der Waals surface area contributed by atoms with Gasteiger partial charge in [0.05, 0.1) is 11.3 Å². The molecule has 0 unspecified atom stereocenters. The Morgan fingerprint density at radius 3 is 2.69 bits per heavy atom. The van der Waals surface area contributed by atoms with Crippen LogP contribution in [0.5, 0.6) is 0 Å². The molecule has 74 valence electrons. The van der Waals surface area contributed by atoms with Gasteiger partial charge in [0.15, 0.2) is 9.84 Å². The molecule has 1 saturated carbocycles. The van der Waals surface area contributed by atoms with Crippen LogP contribution in [0.1, 0.15) is 26.2 Å². The number of nitrogens with zero attached hydrogens (tertiary/aromatic N) is 1. The minimum atomic E-state index is -3.01. The summed E-state index contributed by atoms with van der Waals surface area (Å²) in [6, 6.07) is 1.98. The average molecular weight is 202 g/mol. The molecule has 0 aromatic carbocycles. The van der Waals surface area contributed by atoms with Crippen LogP contribution in [0.4, 0.5) is 0 Å². The summed E-state index contributed by atoms with van der Waals surface area (Å²) < 4.78 is 22.9. The van der Waals surface area contributed by atoms with Crippen LogP contribution in [0.2, 0.25) is 0 Å². The molecule has 13 heavy (non-hydrogen) atoms. The number of nitrogens with two attached hydrogens (primary N) is 1. The van der Waals surface area contributed by atoms with E-state index in [0.717, 1.165) is 0 Å². The smallest absolute Gasteiger partial charge is 0.153 e. The number of hydrogen-bond acceptors (Lipinski definition) is 4. The summed E-state index contributed by atoms with van der Waals surface area (Å²) in [4.78, 5) is 0. The molecule has 1 rings (SSSR count). The zero-order valence-electron chi connectivity index (χ0n) is 7.66. The first kappa shape index (κ1) is 10.5. The Morgan fingerprint density at radius 2 is 2.31 bits per heavy atom. The maximum atomic E-state index is 11.4. The first-order valence-electron chi connectivity index (χ1n) is 4.35. The van der Waals surface area contributed by atoms with Crippen molar-refractivity contribution < 1.29 is 8.42 Å². The van der Waals surface area contributed by atoms with E-state index < -0.39 is 20.6 Å². The van der Waals surface area contributed by atoms with Crippen LogP contribution in [-0.4, -0.2) is 25.0 Å². The summed E-state index contributed by atoms with van der Waals surface area (Å²) in [5.74, 6) is 0.138. The highest BCUT2D eigenvalue weighted by Crippen LogP contribution is 2.31. The molecule has 0 saturated heterocycles. The molecule has 2 atom stereocenters. The van der Waals surface area contributed by atoms with Gasteiger partial charge >= 0.3 is 0 Å². The third-order valence-corrected chi connectivity index (χ3v) is 4.86. The number of nitriles is 1. The van der Waals surface area contributed by atoms with Gasteiger partial charge in [0.1, 0.15) is 5.54 Å². The Kier molecular flexibility index (Phi) is 2.64. The van der Waals surface area contributed by atoms with Crippen LogP contribution in [0.15, 0.2) is 0 Å². The number of rotatable bonds is 2. The SMILES string of the molecule is CCS(=O)(=O)[C@@H]1CC[C@](N)(C#N)C1. The molecule has 0 heterocycles. The number of sulfone groups is 1. The van der Waals surface area contributed by atoms with Crippen LogP contribution in [0.3, 0.4) is 0 Å². The minimum Gasteiger partial charge on any atom is -0.313 e. The fourth-order valence-electron chi connectivity index (χ4n) is 1.67. The molecule has 1 aliphatic carbocycles. The van der Waals surface area contributed by atoms with E-state index in [0.29, 0.717) is 19.3 Å². The Balaban J connectivity index is 2.78. The van der Waals surface area contributed by atoms with Gasteiger partial charge in [-0.05, 0) is 19.3 Å². The lowest BCUT2D eigenvalue weighted by molar-refractivity contribution is 0.553. The van der Waals surface area contributed by atoms with E-state index in [2.05, 4.69) is 0 Å². The minimum absolute atomic E-state index is 0.138. The second-order valence-corrected chi connectivity index (χ2v) is 6.15. The normalized spacial score (nSPS) is 34.4. The van der Waals surface area contributed by atoms with Gasteiger partial charge in [-0.3, -0.25) is 0 Å². The monoisotopic (exact) mass is 202 g/mol. The first-order valence-corrected chi connectivity index (χ1v) is 6.07. The van der Waals surface area contributed by atoms with E-state index in [-0.39, 0.29) is 5.75 Å². The quantitative estimate of drug-likeness (QED) is 0.693. The Labute approximate surface area is 78.6 Å². The Hall–Kier alpha value is -0.600. The zero-order valence-corrected chi connectivity index (χ0v) is 8.47. The van der Waals surface area contributed by atoms with Crippen molar-refractivity contribution >= 4 is 9.84 Å². The number of hydrogen-bond donors (Lipinski definition) is 1. The van der Waals surface area contributed by atoms with E-state index in [9.17, 15) is 8.42 Å². The van der Waals surface area contributed by atoms with Crippen molar-refractivity contribution in [3.05, 3.63) is 0 Å². The fraction of sp³-hybridized carbons (Fsp3) is 0.875. The van der Waals surface area contributed by atoms with Crippen molar-refractivity contribution in [1.29, 1.82) is 5.26 Å². The van der Waals surface area contributed by atoms with Gasteiger partial charge in [-0.15, -0.1) is 0 Å². The van der Waals surface area contributed by atoms with E-state index >= 15 is 0 Å². The molecule has 0 aliphatic heterocycles. The standard InChI is InChI=1S/C8H14N2O2S/c1-2-13(11,12)7-3-4-8(10,5-7)6-9/h7H,2-5,10H2,1H3/t7-,8-/m1/s1. The van der Waals surface area contributed by atoms with Gasteiger partial charge in [0, 0.05) is 5.75 Å². The second kappa shape index (κ2) is 3.28. The fourth-order valence-corrected chi connectivity index (χ4v) is 3.17. The van der Waals surface area contributed by atoms with Crippen molar-refractivity contribution in [3.63, 3.8) is 0 Å². The third kappa shape index (κ3) is 2.01. The van der Waals surface area contributed by atoms with Gasteiger partial charge in [0.25, 0.3) is 0 Å². The van der Waals surface area contributed by atoms with E-state index in [1.165, 1.54) is 0 Å². The molecular formula is C8H14N2O2S. The van der Waals surface area contributed by atoms with Crippen LogP contribution >= 0.6 is 0 Å². The van der Waals surface area contributed by atoms with Gasteiger partial charge in [-0.25, -0.2) is 8.42 Å². The highest BCUT2D eigenvalue weighted by atomic mass is 32.2. The van der Waals surface area contributed by atoms with Crippen molar-refractivity contribution in [2.45, 2.75) is 37.0 Å². The summed E-state index contributed by atoms with van der Waals surface area (Å²) in [5.41, 5.74) is 4.76. The largest absolute Gasteiger partial charge is 0.313 e. The lowest BCUT2D eigenvalue weighted by Crippen LogP contribution is -2.36. The molecule has 0 radical (unpaired) electrons. The first-order chi connectivity index (χ1) is 5.93. The molecule has 2 N–H and O–H groups in total. The van der Waals surface area contributed by atoms with E-state index in [4.69, 9.17) is 11.0 Å². The van der Waals surface area contributed by atoms with Gasteiger partial charge < -0.3 is 5.73 Å². The van der Waals surface area contributed by atoms with Crippen molar-refractivity contribution in [1.82, 2.24) is 0 Å². The zero-order chi connectivity index (χ0) is 10.1. The van der Waals surface area contributed by atoms with Crippen LogP contribution < -0.4 is 5.73 Å². The molecule has 5 heteroatoms. The van der Waals surface area contributed by atoms with Crippen molar-refractivity contribution in [2.75, 3.05) is 5.75 Å². The molecule has 0 aromatic heterocycles. The molecule has 0 bridgehead atoms.